The van der Waals surface area contributed by atoms with E-state index >= 15 is 0 Å². The summed E-state index contributed by atoms with van der Waals surface area (Å²) in [5.41, 5.74) is 0.570. The third-order valence-electron chi connectivity index (χ3n) is 5.51. The number of thiophene rings is 1. The Morgan fingerprint density at radius 3 is 2.61 bits per heavy atom. The minimum Gasteiger partial charge on any atom is -0.353 e. The van der Waals surface area contributed by atoms with Crippen molar-refractivity contribution in [3.8, 4) is 0 Å². The highest BCUT2D eigenvalue weighted by Gasteiger charge is 2.31. The Bertz CT molecular complexity index is 855. The van der Waals surface area contributed by atoms with Crippen LogP contribution in [-0.2, 0) is 19.0 Å². The van der Waals surface area contributed by atoms with Gasteiger partial charge in [0.05, 0.1) is 10.4 Å². The number of hydrogen-bond donors (Lipinski definition) is 0. The molecule has 0 aromatic carbocycles. The first-order valence-corrected chi connectivity index (χ1v) is 10.3. The maximum atomic E-state index is 12.9. The van der Waals surface area contributed by atoms with Gasteiger partial charge in [-0.15, -0.1) is 11.3 Å². The number of amides is 1. The van der Waals surface area contributed by atoms with E-state index in [4.69, 9.17) is 0 Å². The molecule has 0 N–H and O–H groups in total. The van der Waals surface area contributed by atoms with E-state index in [-0.39, 0.29) is 5.91 Å². The first-order valence-electron chi connectivity index (χ1n) is 9.50. The lowest BCUT2D eigenvalue weighted by Crippen LogP contribution is -2.48. The minimum atomic E-state index is -4.38. The molecule has 0 bridgehead atoms. The number of aryl methyl sites for hydroxylation is 1. The number of carbonyl (C=O) groups is 1. The second-order valence-electron chi connectivity index (χ2n) is 7.59. The predicted molar refractivity (Wildman–Crippen MR) is 103 cm³/mol. The van der Waals surface area contributed by atoms with Crippen LogP contribution in [0.25, 0.3) is 0 Å². The number of nitrogens with zero attached hydrogens (tertiary/aromatic N) is 3. The van der Waals surface area contributed by atoms with Crippen molar-refractivity contribution in [1.29, 1.82) is 0 Å². The molecule has 1 amide bonds. The van der Waals surface area contributed by atoms with Gasteiger partial charge in [-0.1, -0.05) is 6.92 Å². The molecule has 1 fully saturated rings. The molecule has 0 spiro atoms. The molecular formula is C20H22F3N3OS. The Morgan fingerprint density at radius 2 is 1.96 bits per heavy atom. The molecule has 1 aliphatic heterocycles. The number of alkyl halides is 3. The van der Waals surface area contributed by atoms with Gasteiger partial charge in [0.15, 0.2) is 0 Å². The molecule has 2 aliphatic rings. The molecule has 2 aromatic heterocycles. The summed E-state index contributed by atoms with van der Waals surface area (Å²) in [5.74, 6) is 1.25. The Kier molecular flexibility index (Phi) is 5.07. The van der Waals surface area contributed by atoms with E-state index in [1.54, 1.807) is 11.3 Å². The van der Waals surface area contributed by atoms with Crippen molar-refractivity contribution in [2.45, 2.75) is 32.4 Å². The van der Waals surface area contributed by atoms with Gasteiger partial charge in [0, 0.05) is 37.3 Å². The lowest BCUT2D eigenvalue weighted by atomic mass is 9.90. The van der Waals surface area contributed by atoms with Gasteiger partial charge in [0.2, 0.25) is 0 Å². The van der Waals surface area contributed by atoms with Crippen molar-refractivity contribution in [1.82, 2.24) is 9.88 Å². The van der Waals surface area contributed by atoms with Crippen molar-refractivity contribution in [2.75, 3.05) is 31.1 Å². The number of hydrogen-bond acceptors (Lipinski definition) is 4. The molecule has 4 nitrogen and oxygen atoms in total. The summed E-state index contributed by atoms with van der Waals surface area (Å²) in [7, 11) is 0. The van der Waals surface area contributed by atoms with Gasteiger partial charge in [-0.25, -0.2) is 4.98 Å². The van der Waals surface area contributed by atoms with Crippen molar-refractivity contribution >= 4 is 23.1 Å². The van der Waals surface area contributed by atoms with Crippen LogP contribution in [0.2, 0.25) is 0 Å². The van der Waals surface area contributed by atoms with E-state index in [1.807, 2.05) is 9.80 Å². The largest absolute Gasteiger partial charge is 0.417 e. The van der Waals surface area contributed by atoms with Gasteiger partial charge < -0.3 is 9.80 Å². The second-order valence-corrected chi connectivity index (χ2v) is 8.73. The highest BCUT2D eigenvalue weighted by Crippen LogP contribution is 2.33. The number of piperazine rings is 1. The molecule has 4 rings (SSSR count). The zero-order valence-electron chi connectivity index (χ0n) is 15.6. The molecule has 1 atom stereocenters. The molecule has 1 saturated heterocycles. The number of rotatable bonds is 2. The molecule has 0 saturated carbocycles. The zero-order valence-corrected chi connectivity index (χ0v) is 16.4. The fourth-order valence-corrected chi connectivity index (χ4v) is 5.02. The molecule has 1 aliphatic carbocycles. The normalized spacial score (nSPS) is 20.2. The summed E-state index contributed by atoms with van der Waals surface area (Å²) in [4.78, 5) is 22.7. The predicted octanol–water partition coefficient (Wildman–Crippen LogP) is 4.25. The fourth-order valence-electron chi connectivity index (χ4n) is 3.85. The number of halogens is 3. The van der Waals surface area contributed by atoms with Gasteiger partial charge >= 0.3 is 6.18 Å². The van der Waals surface area contributed by atoms with Crippen LogP contribution in [0.3, 0.4) is 0 Å². The van der Waals surface area contributed by atoms with Crippen LogP contribution in [0, 0.1) is 5.92 Å². The molecule has 8 heteroatoms. The summed E-state index contributed by atoms with van der Waals surface area (Å²) in [6, 6.07) is 4.51. The van der Waals surface area contributed by atoms with Gasteiger partial charge in [-0.3, -0.25) is 4.79 Å². The highest BCUT2D eigenvalue weighted by molar-refractivity contribution is 7.14. The van der Waals surface area contributed by atoms with Crippen molar-refractivity contribution in [3.63, 3.8) is 0 Å². The first-order chi connectivity index (χ1) is 13.3. The fraction of sp³-hybridized carbons (Fsp3) is 0.500. The SMILES string of the molecule is CC1CCc2sc(C(=O)N3CCN(c4ccc(C(F)(F)F)cn4)CC3)cc2C1. The van der Waals surface area contributed by atoms with Crippen molar-refractivity contribution in [3.05, 3.63) is 45.3 Å². The molecule has 0 radical (unpaired) electrons. The van der Waals surface area contributed by atoms with E-state index < -0.39 is 11.7 Å². The van der Waals surface area contributed by atoms with Crippen LogP contribution < -0.4 is 4.90 Å². The number of anilines is 1. The number of pyridine rings is 1. The molecule has 2 aromatic rings. The van der Waals surface area contributed by atoms with Crippen LogP contribution in [0.15, 0.2) is 24.4 Å². The Balaban J connectivity index is 1.38. The lowest BCUT2D eigenvalue weighted by Gasteiger charge is -2.35. The van der Waals surface area contributed by atoms with E-state index in [9.17, 15) is 18.0 Å². The summed E-state index contributed by atoms with van der Waals surface area (Å²) in [6.45, 7) is 4.45. The van der Waals surface area contributed by atoms with Gasteiger partial charge in [-0.05, 0) is 48.9 Å². The van der Waals surface area contributed by atoms with Crippen LogP contribution in [0.4, 0.5) is 19.0 Å². The summed E-state index contributed by atoms with van der Waals surface area (Å²) in [5, 5.41) is 0. The molecule has 28 heavy (non-hydrogen) atoms. The lowest BCUT2D eigenvalue weighted by molar-refractivity contribution is -0.137. The Labute approximate surface area is 166 Å². The van der Waals surface area contributed by atoms with Crippen LogP contribution in [-0.4, -0.2) is 42.0 Å². The van der Waals surface area contributed by atoms with E-state index in [0.29, 0.717) is 37.9 Å². The van der Waals surface area contributed by atoms with E-state index in [1.165, 1.54) is 22.9 Å². The van der Waals surface area contributed by atoms with Crippen LogP contribution in [0.1, 0.15) is 39.0 Å². The zero-order chi connectivity index (χ0) is 19.9. The van der Waals surface area contributed by atoms with Crippen LogP contribution in [0.5, 0.6) is 0 Å². The molecule has 1 unspecified atom stereocenters. The average Bonchev–Trinajstić information content (AvgIpc) is 3.10. The highest BCUT2D eigenvalue weighted by atomic mass is 32.1. The minimum absolute atomic E-state index is 0.0621. The number of carbonyl (C=O) groups excluding carboxylic acids is 1. The number of fused-ring (bicyclic) bond motifs is 1. The molecule has 3 heterocycles. The van der Waals surface area contributed by atoms with Gasteiger partial charge in [-0.2, -0.15) is 13.2 Å². The van der Waals surface area contributed by atoms with Gasteiger partial charge in [0.1, 0.15) is 5.82 Å². The van der Waals surface area contributed by atoms with Crippen molar-refractivity contribution < 1.29 is 18.0 Å². The summed E-state index contributed by atoms with van der Waals surface area (Å²) in [6.07, 6.45) is -0.230. The monoisotopic (exact) mass is 409 g/mol. The quantitative estimate of drug-likeness (QED) is 0.744. The van der Waals surface area contributed by atoms with Crippen LogP contribution >= 0.6 is 11.3 Å². The smallest absolute Gasteiger partial charge is 0.353 e. The maximum absolute atomic E-state index is 12.9. The standard InChI is InChI=1S/C20H22F3N3OS/c1-13-2-4-16-14(10-13)11-17(28-16)19(27)26-8-6-25(7-9-26)18-5-3-15(12-24-18)20(21,22)23/h3,5,11-13H,2,4,6-10H2,1H3. The third kappa shape index (κ3) is 3.87. The summed E-state index contributed by atoms with van der Waals surface area (Å²) < 4.78 is 38.0. The Morgan fingerprint density at radius 1 is 1.21 bits per heavy atom. The summed E-state index contributed by atoms with van der Waals surface area (Å²) >= 11 is 1.62. The maximum Gasteiger partial charge on any atom is 0.417 e. The second kappa shape index (κ2) is 7.39. The Hall–Kier alpha value is -2.09. The first kappa shape index (κ1) is 19.2. The van der Waals surface area contributed by atoms with Gasteiger partial charge in [0.25, 0.3) is 5.91 Å². The van der Waals surface area contributed by atoms with E-state index in [0.717, 1.165) is 30.0 Å². The average molecular weight is 409 g/mol. The molecule has 150 valence electrons. The van der Waals surface area contributed by atoms with Crippen molar-refractivity contribution in [2.24, 2.45) is 5.92 Å². The number of aromatic nitrogens is 1. The van der Waals surface area contributed by atoms with E-state index in [2.05, 4.69) is 18.0 Å². The topological polar surface area (TPSA) is 36.4 Å². The molecular weight excluding hydrogens is 387 g/mol. The third-order valence-corrected chi connectivity index (χ3v) is 6.73.